The molecule has 0 fully saturated rings. The fourth-order valence-corrected chi connectivity index (χ4v) is 2.47. The van der Waals surface area contributed by atoms with E-state index in [1.54, 1.807) is 19.9 Å². The Balaban J connectivity index is 3.08. The molecule has 0 aliphatic carbocycles. The van der Waals surface area contributed by atoms with Crippen LogP contribution >= 0.6 is 0 Å². The Kier molecular flexibility index (Phi) is 8.78. The average molecular weight is 409 g/mol. The molecule has 0 aliphatic heterocycles. The molecule has 160 valence electrons. The minimum Gasteiger partial charge on any atom is -0.468 e. The summed E-state index contributed by atoms with van der Waals surface area (Å²) >= 11 is 0. The lowest BCUT2D eigenvalue weighted by molar-refractivity contribution is -0.152. The predicted molar refractivity (Wildman–Crippen MR) is 102 cm³/mol. The lowest BCUT2D eigenvalue weighted by Crippen LogP contribution is -2.51. The van der Waals surface area contributed by atoms with E-state index in [0.29, 0.717) is 5.56 Å². The molecule has 1 unspecified atom stereocenters. The largest absolute Gasteiger partial charge is 0.468 e. The van der Waals surface area contributed by atoms with Gasteiger partial charge in [-0.15, -0.1) is 0 Å². The molecule has 0 spiro atoms. The van der Waals surface area contributed by atoms with Crippen LogP contribution in [0.5, 0.6) is 11.5 Å². The van der Waals surface area contributed by atoms with Crippen LogP contribution in [0.25, 0.3) is 0 Å². The maximum absolute atomic E-state index is 12.3. The van der Waals surface area contributed by atoms with E-state index in [2.05, 4.69) is 0 Å². The van der Waals surface area contributed by atoms with Crippen molar-refractivity contribution in [3.8, 4) is 11.5 Å². The Morgan fingerprint density at radius 2 is 1.62 bits per heavy atom. The van der Waals surface area contributed by atoms with Gasteiger partial charge in [0.15, 0.2) is 11.5 Å². The molecule has 9 nitrogen and oxygen atoms in total. The van der Waals surface area contributed by atoms with Crippen molar-refractivity contribution < 1.29 is 38.1 Å². The molecule has 1 atom stereocenters. The van der Waals surface area contributed by atoms with E-state index in [1.807, 2.05) is 0 Å². The summed E-state index contributed by atoms with van der Waals surface area (Å²) in [7, 11) is 1.21. The van der Waals surface area contributed by atoms with Gasteiger partial charge in [-0.3, -0.25) is 19.2 Å². The molecule has 2 N–H and O–H groups in total. The minimum absolute atomic E-state index is 0.00746. The smallest absolute Gasteiger partial charge is 0.326 e. The van der Waals surface area contributed by atoms with Crippen LogP contribution < -0.4 is 15.2 Å². The highest BCUT2D eigenvalue weighted by Crippen LogP contribution is 2.30. The van der Waals surface area contributed by atoms with Crippen molar-refractivity contribution in [1.29, 1.82) is 0 Å². The second kappa shape index (κ2) is 10.6. The van der Waals surface area contributed by atoms with Crippen molar-refractivity contribution in [1.82, 2.24) is 0 Å². The van der Waals surface area contributed by atoms with E-state index in [-0.39, 0.29) is 36.9 Å². The van der Waals surface area contributed by atoms with Gasteiger partial charge < -0.3 is 24.7 Å². The zero-order valence-corrected chi connectivity index (χ0v) is 17.3. The number of esters is 4. The van der Waals surface area contributed by atoms with Gasteiger partial charge in [-0.05, 0) is 17.7 Å². The first kappa shape index (κ1) is 24.1. The summed E-state index contributed by atoms with van der Waals surface area (Å²) in [5, 5.41) is 0. The van der Waals surface area contributed by atoms with Crippen molar-refractivity contribution in [2.75, 3.05) is 13.7 Å². The molecule has 0 radical (unpaired) electrons. The first-order chi connectivity index (χ1) is 13.5. The zero-order chi connectivity index (χ0) is 22.2. The van der Waals surface area contributed by atoms with Gasteiger partial charge >= 0.3 is 23.9 Å². The molecule has 1 aromatic rings. The zero-order valence-electron chi connectivity index (χ0n) is 17.3. The SMILES string of the molecule is COC(=O)C(N)(CCOC(=O)C(C)C)Cc1ccc(OC(C)=O)c(OC(C)=O)c1. The summed E-state index contributed by atoms with van der Waals surface area (Å²) in [6, 6.07) is 4.46. The number of carbonyl (C=O) groups is 4. The van der Waals surface area contributed by atoms with Crippen molar-refractivity contribution in [3.63, 3.8) is 0 Å². The first-order valence-electron chi connectivity index (χ1n) is 9.02. The van der Waals surface area contributed by atoms with E-state index < -0.39 is 29.4 Å². The van der Waals surface area contributed by atoms with Crippen LogP contribution in [0.2, 0.25) is 0 Å². The van der Waals surface area contributed by atoms with Gasteiger partial charge in [0.2, 0.25) is 0 Å². The van der Waals surface area contributed by atoms with Crippen LogP contribution in [0.1, 0.15) is 39.7 Å². The summed E-state index contributed by atoms with van der Waals surface area (Å²) in [5.41, 5.74) is 5.30. The topological polar surface area (TPSA) is 131 Å². The Morgan fingerprint density at radius 3 is 2.14 bits per heavy atom. The molecule has 0 saturated heterocycles. The molecule has 0 heterocycles. The summed E-state index contributed by atoms with van der Waals surface area (Å²) in [6.45, 7) is 5.74. The van der Waals surface area contributed by atoms with Crippen molar-refractivity contribution in [3.05, 3.63) is 23.8 Å². The minimum atomic E-state index is -1.48. The number of carbonyl (C=O) groups excluding carboxylic acids is 4. The van der Waals surface area contributed by atoms with Gasteiger partial charge in [0.05, 0.1) is 19.6 Å². The van der Waals surface area contributed by atoms with E-state index in [9.17, 15) is 19.2 Å². The molecule has 0 aromatic heterocycles. The van der Waals surface area contributed by atoms with Crippen molar-refractivity contribution in [2.24, 2.45) is 11.7 Å². The molecule has 9 heteroatoms. The van der Waals surface area contributed by atoms with E-state index >= 15 is 0 Å². The van der Waals surface area contributed by atoms with E-state index in [1.165, 1.54) is 33.1 Å². The summed E-state index contributed by atoms with van der Waals surface area (Å²) in [4.78, 5) is 46.5. The highest BCUT2D eigenvalue weighted by atomic mass is 16.6. The highest BCUT2D eigenvalue weighted by molar-refractivity contribution is 5.81. The number of methoxy groups -OCH3 is 1. The number of rotatable bonds is 9. The van der Waals surface area contributed by atoms with Gasteiger partial charge in [-0.2, -0.15) is 0 Å². The maximum atomic E-state index is 12.3. The van der Waals surface area contributed by atoms with Gasteiger partial charge in [0.1, 0.15) is 5.54 Å². The Bertz CT molecular complexity index is 774. The van der Waals surface area contributed by atoms with Gasteiger partial charge in [-0.25, -0.2) is 0 Å². The third-order valence-electron chi connectivity index (χ3n) is 3.89. The molecule has 0 aliphatic rings. The van der Waals surface area contributed by atoms with Crippen LogP contribution in [0, 0.1) is 5.92 Å². The first-order valence-corrected chi connectivity index (χ1v) is 9.02. The van der Waals surface area contributed by atoms with Crippen LogP contribution in [0.4, 0.5) is 0 Å². The average Bonchev–Trinajstić information content (AvgIpc) is 2.62. The van der Waals surface area contributed by atoms with E-state index in [0.717, 1.165) is 0 Å². The number of hydrogen-bond donors (Lipinski definition) is 1. The molecule has 0 saturated carbocycles. The van der Waals surface area contributed by atoms with Crippen LogP contribution in [-0.2, 0) is 35.1 Å². The quantitative estimate of drug-likeness (QED) is 0.476. The lowest BCUT2D eigenvalue weighted by Gasteiger charge is -2.27. The third kappa shape index (κ3) is 7.53. The number of nitrogens with two attached hydrogens (primary N) is 1. The van der Waals surface area contributed by atoms with E-state index in [4.69, 9.17) is 24.7 Å². The summed E-state index contributed by atoms with van der Waals surface area (Å²) < 4.78 is 20.0. The van der Waals surface area contributed by atoms with Crippen molar-refractivity contribution >= 4 is 23.9 Å². The molecular formula is C20H27NO8. The van der Waals surface area contributed by atoms with Crippen LogP contribution in [0.15, 0.2) is 18.2 Å². The molecular weight excluding hydrogens is 382 g/mol. The summed E-state index contributed by atoms with van der Waals surface area (Å²) in [6.07, 6.45) is 0.0280. The van der Waals surface area contributed by atoms with Gasteiger partial charge in [0, 0.05) is 26.7 Å². The Labute approximate surface area is 169 Å². The van der Waals surface area contributed by atoms with Crippen molar-refractivity contribution in [2.45, 2.75) is 46.1 Å². The third-order valence-corrected chi connectivity index (χ3v) is 3.89. The highest BCUT2D eigenvalue weighted by Gasteiger charge is 2.36. The number of benzene rings is 1. The standard InChI is InChI=1S/C20H27NO8/c1-12(2)18(24)27-9-8-20(21,19(25)26-5)11-15-6-7-16(28-13(3)22)17(10-15)29-14(4)23/h6-7,10,12H,8-9,11,21H2,1-5H3. The fraction of sp³-hybridized carbons (Fsp3) is 0.500. The molecule has 1 rings (SSSR count). The lowest BCUT2D eigenvalue weighted by atomic mass is 9.88. The molecule has 0 amide bonds. The number of ether oxygens (including phenoxy) is 4. The van der Waals surface area contributed by atoms with Gasteiger partial charge in [-0.1, -0.05) is 19.9 Å². The second-order valence-electron chi connectivity index (χ2n) is 6.87. The maximum Gasteiger partial charge on any atom is 0.326 e. The molecule has 1 aromatic carbocycles. The van der Waals surface area contributed by atoms with Gasteiger partial charge in [0.25, 0.3) is 0 Å². The normalized spacial score (nSPS) is 12.7. The number of hydrogen-bond acceptors (Lipinski definition) is 9. The monoisotopic (exact) mass is 409 g/mol. The van der Waals surface area contributed by atoms with Crippen LogP contribution in [0.3, 0.4) is 0 Å². The second-order valence-corrected chi connectivity index (χ2v) is 6.87. The fourth-order valence-electron chi connectivity index (χ4n) is 2.47. The summed E-state index contributed by atoms with van der Waals surface area (Å²) in [5.74, 6) is -2.51. The molecule has 0 bridgehead atoms. The molecule has 29 heavy (non-hydrogen) atoms. The Morgan fingerprint density at radius 1 is 1.03 bits per heavy atom. The predicted octanol–water partition coefficient (Wildman–Crippen LogP) is 1.54. The Hall–Kier alpha value is -2.94. The van der Waals surface area contributed by atoms with Crippen LogP contribution in [-0.4, -0.2) is 43.1 Å².